The summed E-state index contributed by atoms with van der Waals surface area (Å²) < 4.78 is 0. The Hall–Kier alpha value is -5.14. The predicted molar refractivity (Wildman–Crippen MR) is 195 cm³/mol. The molecule has 45 heavy (non-hydrogen) atoms. The highest BCUT2D eigenvalue weighted by molar-refractivity contribution is 6.22. The maximum absolute atomic E-state index is 2.43. The Morgan fingerprint density at radius 1 is 0.356 bits per heavy atom. The molecule has 0 saturated heterocycles. The second-order valence-electron chi connectivity index (χ2n) is 12.6. The van der Waals surface area contributed by atoms with Crippen molar-refractivity contribution in [3.63, 3.8) is 0 Å². The van der Waals surface area contributed by atoms with E-state index in [0.717, 1.165) is 11.4 Å². The summed E-state index contributed by atoms with van der Waals surface area (Å²) in [6, 6.07) is 55.6. The molecular formula is C44H39N. The van der Waals surface area contributed by atoms with Crippen LogP contribution in [0.25, 0.3) is 43.8 Å². The first-order valence-electron chi connectivity index (χ1n) is 16.1. The van der Waals surface area contributed by atoms with Gasteiger partial charge >= 0.3 is 0 Å². The number of hydrogen-bond donors (Lipinski definition) is 0. The number of anilines is 3. The zero-order chi connectivity index (χ0) is 30.9. The Morgan fingerprint density at radius 3 is 1.31 bits per heavy atom. The van der Waals surface area contributed by atoms with Crippen LogP contribution in [0.15, 0.2) is 152 Å². The van der Waals surface area contributed by atoms with Crippen LogP contribution in [-0.4, -0.2) is 0 Å². The summed E-state index contributed by atoms with van der Waals surface area (Å²) in [7, 11) is 0. The van der Waals surface area contributed by atoms with Crippen molar-refractivity contribution < 1.29 is 0 Å². The quantitative estimate of drug-likeness (QED) is 0.169. The SMILES string of the molecule is CC(C)c1cc(C(C)C)cc(N(c2ccccc2)c2ccc3c(-c4ccccc4)c4ccccc4c(-c4ccccc4)c3c2)c1. The Morgan fingerprint density at radius 2 is 0.800 bits per heavy atom. The minimum Gasteiger partial charge on any atom is -0.310 e. The van der Waals surface area contributed by atoms with Gasteiger partial charge in [-0.3, -0.25) is 0 Å². The molecule has 0 saturated carbocycles. The second kappa shape index (κ2) is 12.1. The molecule has 0 heterocycles. The smallest absolute Gasteiger partial charge is 0.0468 e. The van der Waals surface area contributed by atoms with Gasteiger partial charge in [0.05, 0.1) is 0 Å². The van der Waals surface area contributed by atoms with Crippen molar-refractivity contribution in [3.05, 3.63) is 163 Å². The van der Waals surface area contributed by atoms with Crippen molar-refractivity contribution in [2.75, 3.05) is 4.90 Å². The second-order valence-corrected chi connectivity index (χ2v) is 12.6. The van der Waals surface area contributed by atoms with E-state index in [-0.39, 0.29) is 0 Å². The molecule has 1 heteroatoms. The summed E-state index contributed by atoms with van der Waals surface area (Å²) in [5, 5.41) is 5.05. The fraction of sp³-hybridized carbons (Fsp3) is 0.136. The van der Waals surface area contributed by atoms with Crippen molar-refractivity contribution in [1.29, 1.82) is 0 Å². The van der Waals surface area contributed by atoms with Gasteiger partial charge in [-0.1, -0.05) is 143 Å². The van der Waals surface area contributed by atoms with Gasteiger partial charge in [0.25, 0.3) is 0 Å². The van der Waals surface area contributed by atoms with Gasteiger partial charge < -0.3 is 4.90 Å². The molecule has 1 nitrogen and oxygen atoms in total. The maximum atomic E-state index is 2.43. The van der Waals surface area contributed by atoms with Gasteiger partial charge in [-0.05, 0) is 103 Å². The van der Waals surface area contributed by atoms with Crippen LogP contribution < -0.4 is 4.90 Å². The molecule has 0 atom stereocenters. The van der Waals surface area contributed by atoms with Crippen LogP contribution in [0.1, 0.15) is 50.7 Å². The standard InChI is InChI=1S/C44H39N/c1-30(2)34-26-35(31(3)4)28-38(27-34)45(36-20-12-7-13-21-36)37-24-25-41-42(29-37)44(33-18-10-6-11-19-33)40-23-15-14-22-39(40)43(41)32-16-8-5-9-17-32/h5-31H,1-4H3. The fourth-order valence-corrected chi connectivity index (χ4v) is 6.62. The molecule has 0 unspecified atom stereocenters. The number of rotatable bonds is 7. The predicted octanol–water partition coefficient (Wildman–Crippen LogP) is 13.0. The van der Waals surface area contributed by atoms with Gasteiger partial charge in [0.15, 0.2) is 0 Å². The molecule has 0 aliphatic carbocycles. The minimum atomic E-state index is 0.432. The monoisotopic (exact) mass is 581 g/mol. The average Bonchev–Trinajstić information content (AvgIpc) is 3.08. The van der Waals surface area contributed by atoms with Crippen molar-refractivity contribution >= 4 is 38.6 Å². The Kier molecular flexibility index (Phi) is 7.69. The summed E-state index contributed by atoms with van der Waals surface area (Å²) in [4.78, 5) is 2.43. The van der Waals surface area contributed by atoms with Crippen LogP contribution in [0.2, 0.25) is 0 Å². The molecule has 0 N–H and O–H groups in total. The van der Waals surface area contributed by atoms with E-state index in [9.17, 15) is 0 Å². The van der Waals surface area contributed by atoms with Gasteiger partial charge in [0.1, 0.15) is 0 Å². The summed E-state index contributed by atoms with van der Waals surface area (Å²) in [6.45, 7) is 9.14. The van der Waals surface area contributed by atoms with E-state index in [2.05, 4.69) is 184 Å². The van der Waals surface area contributed by atoms with E-state index in [4.69, 9.17) is 0 Å². The van der Waals surface area contributed by atoms with E-state index < -0.39 is 0 Å². The third-order valence-electron chi connectivity index (χ3n) is 8.96. The van der Waals surface area contributed by atoms with Gasteiger partial charge in [-0.2, -0.15) is 0 Å². The summed E-state index contributed by atoms with van der Waals surface area (Å²) in [6.07, 6.45) is 0. The first-order chi connectivity index (χ1) is 22.0. The number of nitrogens with zero attached hydrogens (tertiary/aromatic N) is 1. The summed E-state index contributed by atoms with van der Waals surface area (Å²) >= 11 is 0. The highest BCUT2D eigenvalue weighted by atomic mass is 15.1. The Balaban J connectivity index is 1.58. The van der Waals surface area contributed by atoms with E-state index >= 15 is 0 Å². The lowest BCUT2D eigenvalue weighted by atomic mass is 9.85. The van der Waals surface area contributed by atoms with Gasteiger partial charge in [0.2, 0.25) is 0 Å². The van der Waals surface area contributed by atoms with E-state index in [1.807, 2.05) is 0 Å². The van der Waals surface area contributed by atoms with Crippen molar-refractivity contribution in [2.45, 2.75) is 39.5 Å². The third kappa shape index (κ3) is 5.40. The zero-order valence-electron chi connectivity index (χ0n) is 26.5. The molecule has 0 spiro atoms. The van der Waals surface area contributed by atoms with Crippen LogP contribution in [0.3, 0.4) is 0 Å². The molecule has 0 amide bonds. The molecular weight excluding hydrogens is 542 g/mol. The molecule has 7 aromatic rings. The van der Waals surface area contributed by atoms with Crippen LogP contribution in [-0.2, 0) is 0 Å². The number of benzene rings is 7. The van der Waals surface area contributed by atoms with Crippen LogP contribution in [0.5, 0.6) is 0 Å². The summed E-state index contributed by atoms with van der Waals surface area (Å²) in [5.74, 6) is 0.863. The number of fused-ring (bicyclic) bond motifs is 2. The molecule has 0 aromatic heterocycles. The molecule has 0 aliphatic rings. The van der Waals surface area contributed by atoms with Crippen molar-refractivity contribution in [2.24, 2.45) is 0 Å². The maximum Gasteiger partial charge on any atom is 0.0468 e. The lowest BCUT2D eigenvalue weighted by molar-refractivity contribution is 0.833. The lowest BCUT2D eigenvalue weighted by Crippen LogP contribution is -2.11. The lowest BCUT2D eigenvalue weighted by Gasteiger charge is -2.28. The first-order valence-corrected chi connectivity index (χ1v) is 16.1. The highest BCUT2D eigenvalue weighted by Gasteiger charge is 2.20. The largest absolute Gasteiger partial charge is 0.310 e. The van der Waals surface area contributed by atoms with E-state index in [1.54, 1.807) is 0 Å². The van der Waals surface area contributed by atoms with Crippen molar-refractivity contribution in [3.8, 4) is 22.3 Å². The van der Waals surface area contributed by atoms with E-state index in [0.29, 0.717) is 11.8 Å². The summed E-state index contributed by atoms with van der Waals surface area (Å²) in [5.41, 5.74) is 11.2. The average molecular weight is 582 g/mol. The number of para-hydroxylation sites is 1. The third-order valence-corrected chi connectivity index (χ3v) is 8.96. The van der Waals surface area contributed by atoms with Crippen LogP contribution in [0, 0.1) is 0 Å². The molecule has 0 aliphatic heterocycles. The van der Waals surface area contributed by atoms with Gasteiger partial charge in [-0.15, -0.1) is 0 Å². The first kappa shape index (κ1) is 28.6. The molecule has 0 fully saturated rings. The van der Waals surface area contributed by atoms with Gasteiger partial charge in [0, 0.05) is 17.1 Å². The van der Waals surface area contributed by atoms with Crippen LogP contribution >= 0.6 is 0 Å². The van der Waals surface area contributed by atoms with Crippen LogP contribution in [0.4, 0.5) is 17.1 Å². The fourth-order valence-electron chi connectivity index (χ4n) is 6.62. The Labute approximate surface area is 267 Å². The van der Waals surface area contributed by atoms with Crippen molar-refractivity contribution in [1.82, 2.24) is 0 Å². The normalized spacial score (nSPS) is 11.5. The molecule has 7 aromatic carbocycles. The number of hydrogen-bond acceptors (Lipinski definition) is 1. The molecule has 0 radical (unpaired) electrons. The topological polar surface area (TPSA) is 3.24 Å². The Bertz CT molecular complexity index is 2070. The molecule has 220 valence electrons. The zero-order valence-corrected chi connectivity index (χ0v) is 26.5. The molecule has 7 rings (SSSR count). The molecule has 0 bridgehead atoms. The highest BCUT2D eigenvalue weighted by Crippen LogP contribution is 2.46. The van der Waals surface area contributed by atoms with Gasteiger partial charge in [-0.25, -0.2) is 0 Å². The van der Waals surface area contributed by atoms with E-state index in [1.165, 1.54) is 60.6 Å². The minimum absolute atomic E-state index is 0.432.